The summed E-state index contributed by atoms with van der Waals surface area (Å²) in [6, 6.07) is 2.23. The first-order valence-corrected chi connectivity index (χ1v) is 3.84. The molecule has 2 atom stereocenters. The Morgan fingerprint density at radius 1 is 1.64 bits per heavy atom. The number of nitrogens with zero attached hydrogens (tertiary/aromatic N) is 2. The number of nitro groups is 1. The van der Waals surface area contributed by atoms with Gasteiger partial charge in [0.05, 0.1) is 0 Å². The van der Waals surface area contributed by atoms with Crippen LogP contribution in [0.25, 0.3) is 0 Å². The quantitative estimate of drug-likeness (QED) is 0.460. The maximum absolute atomic E-state index is 10.3. The van der Waals surface area contributed by atoms with Gasteiger partial charge in [0.2, 0.25) is 6.04 Å². The highest BCUT2D eigenvalue weighted by Crippen LogP contribution is 2.16. The molecular formula is C8H10ClN2O3-. The van der Waals surface area contributed by atoms with Crippen LogP contribution in [-0.4, -0.2) is 21.1 Å². The van der Waals surface area contributed by atoms with E-state index in [1.54, 1.807) is 18.3 Å². The van der Waals surface area contributed by atoms with Gasteiger partial charge in [-0.1, -0.05) is 6.07 Å². The van der Waals surface area contributed by atoms with Crippen molar-refractivity contribution in [3.63, 3.8) is 0 Å². The maximum Gasteiger partial charge on any atom is 0.240 e. The largest absolute Gasteiger partial charge is 1.00 e. The van der Waals surface area contributed by atoms with Crippen LogP contribution in [0.15, 0.2) is 24.5 Å². The number of rotatable bonds is 3. The van der Waals surface area contributed by atoms with Crippen LogP contribution in [0.1, 0.15) is 18.6 Å². The summed E-state index contributed by atoms with van der Waals surface area (Å²) in [6.45, 7) is 1.36. The average molecular weight is 218 g/mol. The highest BCUT2D eigenvalue weighted by Gasteiger charge is 2.25. The third kappa shape index (κ3) is 2.93. The van der Waals surface area contributed by atoms with E-state index >= 15 is 0 Å². The van der Waals surface area contributed by atoms with Crippen molar-refractivity contribution in [2.75, 3.05) is 0 Å². The number of aliphatic hydroxyl groups is 1. The molecule has 0 fully saturated rings. The van der Waals surface area contributed by atoms with Crippen LogP contribution >= 0.6 is 0 Å². The van der Waals surface area contributed by atoms with Gasteiger partial charge in [-0.2, -0.15) is 0 Å². The van der Waals surface area contributed by atoms with Gasteiger partial charge < -0.3 is 17.5 Å². The number of halogens is 1. The molecule has 0 bridgehead atoms. The van der Waals surface area contributed by atoms with E-state index in [-0.39, 0.29) is 12.4 Å². The molecule has 1 aromatic heterocycles. The van der Waals surface area contributed by atoms with E-state index < -0.39 is 17.1 Å². The molecule has 0 radical (unpaired) electrons. The van der Waals surface area contributed by atoms with E-state index in [0.29, 0.717) is 5.56 Å². The molecule has 1 rings (SSSR count). The molecule has 5 nitrogen and oxygen atoms in total. The Labute approximate surface area is 87.3 Å². The molecule has 1 aromatic rings. The second-order valence-corrected chi connectivity index (χ2v) is 2.76. The van der Waals surface area contributed by atoms with Crippen LogP contribution < -0.4 is 12.4 Å². The minimum atomic E-state index is -1.09. The van der Waals surface area contributed by atoms with Crippen molar-refractivity contribution in [1.29, 1.82) is 0 Å². The molecule has 0 saturated heterocycles. The molecule has 2 unspecified atom stereocenters. The summed E-state index contributed by atoms with van der Waals surface area (Å²) < 4.78 is 0. The number of aliphatic hydroxyl groups excluding tert-OH is 1. The minimum Gasteiger partial charge on any atom is -1.00 e. The van der Waals surface area contributed by atoms with Crippen LogP contribution in [0.2, 0.25) is 0 Å². The zero-order valence-corrected chi connectivity index (χ0v) is 8.26. The third-order valence-electron chi connectivity index (χ3n) is 1.82. The zero-order chi connectivity index (χ0) is 9.84. The van der Waals surface area contributed by atoms with Crippen LogP contribution in [0.4, 0.5) is 0 Å². The summed E-state index contributed by atoms with van der Waals surface area (Å²) in [5.74, 6) is 0. The second kappa shape index (κ2) is 5.51. The van der Waals surface area contributed by atoms with E-state index in [9.17, 15) is 15.2 Å². The topological polar surface area (TPSA) is 76.3 Å². The van der Waals surface area contributed by atoms with Crippen LogP contribution in [0.3, 0.4) is 0 Å². The van der Waals surface area contributed by atoms with Crippen molar-refractivity contribution in [3.8, 4) is 0 Å². The summed E-state index contributed by atoms with van der Waals surface area (Å²) in [5, 5.41) is 19.8. The van der Waals surface area contributed by atoms with Gasteiger partial charge in [0.1, 0.15) is 6.10 Å². The lowest BCUT2D eigenvalue weighted by atomic mass is 10.1. The molecule has 6 heteroatoms. The Hall–Kier alpha value is -1.20. The highest BCUT2D eigenvalue weighted by molar-refractivity contribution is 5.12. The van der Waals surface area contributed by atoms with E-state index in [2.05, 4.69) is 4.98 Å². The fraction of sp³-hybridized carbons (Fsp3) is 0.375. The average Bonchev–Trinajstić information content (AvgIpc) is 2.17. The van der Waals surface area contributed by atoms with Crippen LogP contribution in [0.5, 0.6) is 0 Å². The molecule has 0 aliphatic carbocycles. The van der Waals surface area contributed by atoms with Crippen LogP contribution in [-0.2, 0) is 0 Å². The van der Waals surface area contributed by atoms with E-state index in [4.69, 9.17) is 0 Å². The monoisotopic (exact) mass is 217 g/mol. The van der Waals surface area contributed by atoms with Crippen molar-refractivity contribution >= 4 is 0 Å². The number of hydrogen-bond donors (Lipinski definition) is 1. The van der Waals surface area contributed by atoms with Crippen molar-refractivity contribution in [2.24, 2.45) is 0 Å². The molecule has 78 valence electrons. The van der Waals surface area contributed by atoms with Crippen molar-refractivity contribution in [2.45, 2.75) is 19.1 Å². The van der Waals surface area contributed by atoms with E-state index in [1.807, 2.05) is 0 Å². The number of pyridine rings is 1. The molecule has 0 amide bonds. The van der Waals surface area contributed by atoms with Crippen LogP contribution in [0, 0.1) is 10.1 Å². The molecule has 0 saturated carbocycles. The minimum absolute atomic E-state index is 0. The second-order valence-electron chi connectivity index (χ2n) is 2.76. The first kappa shape index (κ1) is 12.8. The van der Waals surface area contributed by atoms with Crippen molar-refractivity contribution in [1.82, 2.24) is 4.98 Å². The first-order valence-electron chi connectivity index (χ1n) is 3.84. The summed E-state index contributed by atoms with van der Waals surface area (Å²) >= 11 is 0. The fourth-order valence-electron chi connectivity index (χ4n) is 0.945. The Morgan fingerprint density at radius 3 is 2.71 bits per heavy atom. The predicted molar refractivity (Wildman–Crippen MR) is 45.7 cm³/mol. The molecule has 14 heavy (non-hydrogen) atoms. The Kier molecular flexibility index (Phi) is 5.04. The highest BCUT2D eigenvalue weighted by atomic mass is 35.5. The lowest BCUT2D eigenvalue weighted by Gasteiger charge is -2.11. The SMILES string of the molecule is CC(C(O)c1cccnc1)[N+](=O)[O-].[Cl-]. The van der Waals surface area contributed by atoms with Gasteiger partial charge in [-0.15, -0.1) is 0 Å². The molecule has 1 N–H and O–H groups in total. The van der Waals surface area contributed by atoms with Gasteiger partial charge in [0.15, 0.2) is 0 Å². The van der Waals surface area contributed by atoms with Gasteiger partial charge in [-0.25, -0.2) is 0 Å². The standard InChI is InChI=1S/C8H10N2O3.ClH/c1-6(10(12)13)8(11)7-3-2-4-9-5-7;/h2-6,8,11H,1H3;1H/p-1. The summed E-state index contributed by atoms with van der Waals surface area (Å²) in [6.07, 6.45) is 1.88. The normalized spacial score (nSPS) is 13.9. The Bertz CT molecular complexity index is 294. The molecule has 0 aliphatic rings. The van der Waals surface area contributed by atoms with Crippen molar-refractivity contribution < 1.29 is 22.4 Å². The predicted octanol–water partition coefficient (Wildman–Crippen LogP) is -2.22. The summed E-state index contributed by atoms with van der Waals surface area (Å²) in [5.41, 5.74) is 0.465. The third-order valence-corrected chi connectivity index (χ3v) is 1.82. The summed E-state index contributed by atoms with van der Waals surface area (Å²) in [4.78, 5) is 13.6. The maximum atomic E-state index is 10.3. The van der Waals surface area contributed by atoms with Gasteiger partial charge >= 0.3 is 0 Å². The van der Waals surface area contributed by atoms with E-state index in [1.165, 1.54) is 13.1 Å². The molecular weight excluding hydrogens is 208 g/mol. The lowest BCUT2D eigenvalue weighted by molar-refractivity contribution is -0.531. The Morgan fingerprint density at radius 2 is 2.29 bits per heavy atom. The molecule has 1 heterocycles. The molecule has 0 aromatic carbocycles. The van der Waals surface area contributed by atoms with Crippen molar-refractivity contribution in [3.05, 3.63) is 40.2 Å². The summed E-state index contributed by atoms with van der Waals surface area (Å²) in [7, 11) is 0. The zero-order valence-electron chi connectivity index (χ0n) is 7.50. The van der Waals surface area contributed by atoms with Gasteiger partial charge in [0, 0.05) is 29.8 Å². The van der Waals surface area contributed by atoms with Gasteiger partial charge in [-0.3, -0.25) is 15.1 Å². The number of hydrogen-bond acceptors (Lipinski definition) is 4. The smallest absolute Gasteiger partial charge is 0.240 e. The molecule has 0 aliphatic heterocycles. The Balaban J connectivity index is 0.00000169. The van der Waals surface area contributed by atoms with E-state index in [0.717, 1.165) is 0 Å². The van der Waals surface area contributed by atoms with Gasteiger partial charge in [-0.05, 0) is 6.07 Å². The first-order chi connectivity index (χ1) is 6.13. The number of aromatic nitrogens is 1. The fourth-order valence-corrected chi connectivity index (χ4v) is 0.945. The lowest BCUT2D eigenvalue weighted by Crippen LogP contribution is -3.00. The molecule has 0 spiro atoms. The van der Waals surface area contributed by atoms with Gasteiger partial charge in [0.25, 0.3) is 0 Å².